The van der Waals surface area contributed by atoms with E-state index >= 15 is 0 Å². The van der Waals surface area contributed by atoms with Gasteiger partial charge < -0.3 is 29.6 Å². The lowest BCUT2D eigenvalue weighted by Crippen LogP contribution is -2.51. The Kier molecular flexibility index (Phi) is 22.4. The summed E-state index contributed by atoms with van der Waals surface area (Å²) in [6, 6.07) is 16.9. The number of nitrogens with one attached hydrogen (secondary N) is 2. The van der Waals surface area contributed by atoms with E-state index in [1.54, 1.807) is 0 Å². The first-order valence-electron chi connectivity index (χ1n) is 35.2. The highest BCUT2D eigenvalue weighted by molar-refractivity contribution is 8.76. The molecule has 486 valence electrons. The number of alkyl carbamates (subject to hydrolysis) is 2. The molecule has 88 heavy (non-hydrogen) atoms. The van der Waals surface area contributed by atoms with Crippen molar-refractivity contribution >= 4 is 45.7 Å². The number of amides is 2. The molecule has 2 aromatic carbocycles. The predicted molar refractivity (Wildman–Crippen MR) is 358 cm³/mol. The van der Waals surface area contributed by atoms with Crippen LogP contribution < -0.4 is 10.6 Å². The molecule has 0 aromatic heterocycles. The highest BCUT2D eigenvalue weighted by Crippen LogP contribution is 2.69. The first kappa shape index (κ1) is 67.0. The molecule has 0 spiro atoms. The van der Waals surface area contributed by atoms with E-state index in [0.717, 1.165) is 97.0 Å². The molecule has 0 aliphatic heterocycles. The normalized spacial score (nSPS) is 34.4. The van der Waals surface area contributed by atoms with Crippen LogP contribution in [0.5, 0.6) is 0 Å². The van der Waals surface area contributed by atoms with E-state index in [1.165, 1.54) is 123 Å². The van der Waals surface area contributed by atoms with E-state index in [9.17, 15) is 19.2 Å². The monoisotopic (exact) mass is 1240 g/mol. The number of hydrogen-bond acceptors (Lipinski definition) is 10. The predicted octanol–water partition coefficient (Wildman–Crippen LogP) is 18.9. The second-order valence-corrected chi connectivity index (χ2v) is 33.8. The molecule has 18 atom stereocenters. The number of ether oxygens (including phenoxy) is 4. The standard InChI is InChI=1S/C76H112N2O8S2/c1-49(2)19-17-21-51(5)61-31-33-63-59-29-27-55-43-57(35-39-73(55,7)65(59)37-41-75(61,63)9)85-69(79)67(77-71(81)83-45-53-23-13-11-14-24-53)47-87-88-48-68(78-72(82)84-46-54-25-15-12-16-26-54)70(80)86-58-36-40-74(8)56(44-58)28-30-60-64-34-32-62(52(6)22-18-20-50(3)4)76(64,10)42-38-66(60)74/h11-16,23-28,49-52,57-68H,17-22,29-48H2,1-10H3,(H,77,81)(H,78,82)/t51-,52-,57+,58+,59+,60+,61-,62-,63+,64+,65+,66+,67+,68+,73+,74+,75-,76-/m1/s1. The highest BCUT2D eigenvalue weighted by Gasteiger charge is 2.61. The summed E-state index contributed by atoms with van der Waals surface area (Å²) in [6.07, 6.45) is 28.9. The Balaban J connectivity index is 0.768. The van der Waals surface area contributed by atoms with Gasteiger partial charge in [0.2, 0.25) is 0 Å². The Morgan fingerprint density at radius 3 is 1.28 bits per heavy atom. The van der Waals surface area contributed by atoms with Crippen LogP contribution in [0.3, 0.4) is 0 Å². The molecule has 0 unspecified atom stereocenters. The first-order chi connectivity index (χ1) is 42.2. The average Bonchev–Trinajstić information content (AvgIpc) is 1.39. The number of hydrogen-bond donors (Lipinski definition) is 2. The van der Waals surface area contributed by atoms with Crippen LogP contribution in [0.15, 0.2) is 84.0 Å². The van der Waals surface area contributed by atoms with Gasteiger partial charge in [-0.3, -0.25) is 0 Å². The third kappa shape index (κ3) is 15.1. The van der Waals surface area contributed by atoms with E-state index in [-0.39, 0.29) is 47.8 Å². The van der Waals surface area contributed by atoms with Crippen molar-refractivity contribution in [1.82, 2.24) is 10.6 Å². The summed E-state index contributed by atoms with van der Waals surface area (Å²) >= 11 is 0. The van der Waals surface area contributed by atoms with Crippen molar-refractivity contribution < 1.29 is 38.1 Å². The molecular weight excluding hydrogens is 1130 g/mol. The molecular formula is C76H112N2O8S2. The lowest BCUT2D eigenvalue weighted by atomic mass is 9.47. The van der Waals surface area contributed by atoms with Crippen molar-refractivity contribution in [2.45, 2.75) is 248 Å². The number of carbonyl (C=O) groups is 4. The molecule has 2 aromatic rings. The Bertz CT molecular complexity index is 2550. The molecule has 0 saturated heterocycles. The molecule has 12 heteroatoms. The van der Waals surface area contributed by atoms with Gasteiger partial charge in [-0.15, -0.1) is 0 Å². The van der Waals surface area contributed by atoms with Crippen molar-refractivity contribution in [2.24, 2.45) is 92.7 Å². The van der Waals surface area contributed by atoms with Crippen molar-refractivity contribution in [3.63, 3.8) is 0 Å². The van der Waals surface area contributed by atoms with Crippen LogP contribution in [0.2, 0.25) is 0 Å². The second kappa shape index (κ2) is 29.4. The van der Waals surface area contributed by atoms with E-state index in [1.807, 2.05) is 60.7 Å². The number of fused-ring (bicyclic) bond motifs is 10. The summed E-state index contributed by atoms with van der Waals surface area (Å²) < 4.78 is 24.2. The summed E-state index contributed by atoms with van der Waals surface area (Å²) in [5, 5.41) is 5.72. The topological polar surface area (TPSA) is 129 Å². The Labute approximate surface area is 538 Å². The maximum atomic E-state index is 14.5. The van der Waals surface area contributed by atoms with Crippen LogP contribution in [0, 0.1) is 92.7 Å². The van der Waals surface area contributed by atoms with Gasteiger partial charge in [-0.05, 0) is 194 Å². The Morgan fingerprint density at radius 2 is 0.898 bits per heavy atom. The zero-order valence-corrected chi connectivity index (χ0v) is 57.3. The summed E-state index contributed by atoms with van der Waals surface area (Å²) in [7, 11) is 2.69. The third-order valence-corrected chi connectivity index (χ3v) is 27.6. The largest absolute Gasteiger partial charge is 0.460 e. The molecule has 2 amide bonds. The summed E-state index contributed by atoms with van der Waals surface area (Å²) in [4.78, 5) is 56.1. The van der Waals surface area contributed by atoms with E-state index in [4.69, 9.17) is 18.9 Å². The molecule has 0 bridgehead atoms. The maximum Gasteiger partial charge on any atom is 0.408 e. The van der Waals surface area contributed by atoms with Crippen molar-refractivity contribution in [1.29, 1.82) is 0 Å². The quantitative estimate of drug-likeness (QED) is 0.0326. The fourth-order valence-electron chi connectivity index (χ4n) is 20.4. The lowest BCUT2D eigenvalue weighted by molar-refractivity contribution is -0.154. The fraction of sp³-hybridized carbons (Fsp3) is 0.737. The molecule has 10 nitrogen and oxygen atoms in total. The average molecular weight is 1250 g/mol. The minimum atomic E-state index is -1.02. The van der Waals surface area contributed by atoms with Gasteiger partial charge >= 0.3 is 24.1 Å². The summed E-state index contributed by atoms with van der Waals surface area (Å²) in [6.45, 7) is 25.0. The van der Waals surface area contributed by atoms with Crippen molar-refractivity contribution in [2.75, 3.05) is 11.5 Å². The zero-order valence-electron chi connectivity index (χ0n) is 55.6. The van der Waals surface area contributed by atoms with Crippen molar-refractivity contribution in [3.05, 3.63) is 95.1 Å². The van der Waals surface area contributed by atoms with Gasteiger partial charge in [-0.1, -0.05) is 213 Å². The minimum Gasteiger partial charge on any atom is -0.460 e. The summed E-state index contributed by atoms with van der Waals surface area (Å²) in [5.41, 5.74) is 5.59. The number of benzene rings is 2. The fourth-order valence-corrected chi connectivity index (χ4v) is 22.7. The smallest absolute Gasteiger partial charge is 0.408 e. The van der Waals surface area contributed by atoms with Gasteiger partial charge in [-0.2, -0.15) is 0 Å². The first-order valence-corrected chi connectivity index (χ1v) is 37.7. The molecule has 0 heterocycles. The highest BCUT2D eigenvalue weighted by atomic mass is 33.1. The number of carbonyl (C=O) groups excluding carboxylic acids is 4. The Hall–Kier alpha value is -3.90. The van der Waals surface area contributed by atoms with Gasteiger partial charge in [0.05, 0.1) is 0 Å². The third-order valence-electron chi connectivity index (χ3n) is 25.2. The molecule has 8 aliphatic rings. The SMILES string of the molecule is CC(C)CCC[C@@H](C)[C@H]1CC[C@H]2[C@@H]3CC=C4C[C@@H](OC(=O)[C@H](CSSC[C@H](NC(=O)OCc5ccccc5)C(=O)O[C@H]5CC[C@@]6(C)C(=CC[C@H]7[C@@H]8CC[C@H]([C@H](C)CCCC(C)C)[C@@]8(C)CC[C@@H]76)C5)NC(=O)OCc5ccccc5)CC[C@]4(C)[C@H]3CC[C@]12C. The Morgan fingerprint density at radius 1 is 0.500 bits per heavy atom. The van der Waals surface area contributed by atoms with E-state index in [0.29, 0.717) is 47.3 Å². The molecule has 10 rings (SSSR count). The van der Waals surface area contributed by atoms with Gasteiger partial charge in [0.25, 0.3) is 0 Å². The van der Waals surface area contributed by atoms with Crippen LogP contribution in [0.25, 0.3) is 0 Å². The summed E-state index contributed by atoms with van der Waals surface area (Å²) in [5.74, 6) is 8.27. The minimum absolute atomic E-state index is 0.0545. The van der Waals surface area contributed by atoms with Crippen molar-refractivity contribution in [3.8, 4) is 0 Å². The molecule has 8 aliphatic carbocycles. The number of allylic oxidation sites excluding steroid dienone is 2. The van der Waals surface area contributed by atoms with Gasteiger partial charge in [0, 0.05) is 24.3 Å². The maximum absolute atomic E-state index is 14.5. The molecule has 6 saturated carbocycles. The lowest BCUT2D eigenvalue weighted by Gasteiger charge is -2.58. The molecule has 0 radical (unpaired) electrons. The zero-order chi connectivity index (χ0) is 62.4. The number of rotatable bonds is 25. The van der Waals surface area contributed by atoms with E-state index in [2.05, 4.69) is 92.0 Å². The van der Waals surface area contributed by atoms with Gasteiger partial charge in [0.1, 0.15) is 37.5 Å². The molecule has 6 fully saturated rings. The van der Waals surface area contributed by atoms with Crippen LogP contribution in [0.1, 0.15) is 222 Å². The van der Waals surface area contributed by atoms with Gasteiger partial charge in [-0.25, -0.2) is 19.2 Å². The second-order valence-electron chi connectivity index (χ2n) is 31.3. The number of esters is 2. The van der Waals surface area contributed by atoms with Crippen LogP contribution in [-0.2, 0) is 41.8 Å². The van der Waals surface area contributed by atoms with Crippen LogP contribution in [-0.4, -0.2) is 59.9 Å². The van der Waals surface area contributed by atoms with E-state index < -0.39 is 36.2 Å². The van der Waals surface area contributed by atoms with Crippen LogP contribution >= 0.6 is 21.6 Å². The molecule has 2 N–H and O–H groups in total. The van der Waals surface area contributed by atoms with Crippen LogP contribution in [0.4, 0.5) is 9.59 Å². The van der Waals surface area contributed by atoms with Gasteiger partial charge in [0.15, 0.2) is 0 Å².